The van der Waals surface area contributed by atoms with E-state index >= 15 is 0 Å². The molecule has 3 rings (SSSR count). The average molecular weight is 244 g/mol. The summed E-state index contributed by atoms with van der Waals surface area (Å²) in [5.74, 6) is 0.407. The highest BCUT2D eigenvalue weighted by Gasteiger charge is 2.42. The predicted octanol–water partition coefficient (Wildman–Crippen LogP) is 1.75. The van der Waals surface area contributed by atoms with Crippen molar-refractivity contribution in [2.45, 2.75) is 44.8 Å². The van der Waals surface area contributed by atoms with Crippen molar-refractivity contribution >= 4 is 5.91 Å². The van der Waals surface area contributed by atoms with Crippen LogP contribution in [0.3, 0.4) is 0 Å². The maximum absolute atomic E-state index is 12.1. The van der Waals surface area contributed by atoms with E-state index in [1.807, 2.05) is 6.07 Å². The second-order valence-corrected chi connectivity index (χ2v) is 5.60. The molecule has 96 valence electrons. The molecule has 1 amide bonds. The first kappa shape index (κ1) is 11.7. The smallest absolute Gasteiger partial charge is 0.225 e. The van der Waals surface area contributed by atoms with Crippen molar-refractivity contribution in [1.82, 2.24) is 10.6 Å². The number of amides is 1. The van der Waals surface area contributed by atoms with E-state index < -0.39 is 0 Å². The van der Waals surface area contributed by atoms with Gasteiger partial charge in [0.05, 0.1) is 5.92 Å². The van der Waals surface area contributed by atoms with E-state index in [9.17, 15) is 4.79 Å². The van der Waals surface area contributed by atoms with Gasteiger partial charge in [-0.05, 0) is 31.7 Å². The number of fused-ring (bicyclic) bond motifs is 2. The van der Waals surface area contributed by atoms with Gasteiger partial charge in [0, 0.05) is 18.6 Å². The summed E-state index contributed by atoms with van der Waals surface area (Å²) in [5, 5.41) is 6.58. The molecule has 2 fully saturated rings. The second-order valence-electron chi connectivity index (χ2n) is 5.60. The van der Waals surface area contributed by atoms with Crippen LogP contribution in [0.4, 0.5) is 0 Å². The molecule has 3 nitrogen and oxygen atoms in total. The number of aryl methyl sites for hydroxylation is 1. The first-order valence-electron chi connectivity index (χ1n) is 6.81. The molecule has 0 aliphatic carbocycles. The number of nitrogens with one attached hydrogen (secondary N) is 2. The topological polar surface area (TPSA) is 41.1 Å². The quantitative estimate of drug-likeness (QED) is 0.850. The lowest BCUT2D eigenvalue weighted by Crippen LogP contribution is -2.37. The van der Waals surface area contributed by atoms with Gasteiger partial charge in [0.15, 0.2) is 0 Å². The molecule has 3 heteroatoms. The highest BCUT2D eigenvalue weighted by molar-refractivity contribution is 5.80. The minimum atomic E-state index is 0.188. The lowest BCUT2D eigenvalue weighted by molar-refractivity contribution is -0.125. The number of hydrogen-bond donors (Lipinski definition) is 2. The minimum Gasteiger partial charge on any atom is -0.352 e. The SMILES string of the molecule is Cc1cccc(CNC(=O)C2CC3CCC2N3)c1. The fourth-order valence-corrected chi connectivity index (χ4v) is 3.26. The molecule has 2 aliphatic rings. The van der Waals surface area contributed by atoms with Crippen molar-refractivity contribution in [1.29, 1.82) is 0 Å². The van der Waals surface area contributed by atoms with E-state index in [2.05, 4.69) is 35.8 Å². The van der Waals surface area contributed by atoms with Gasteiger partial charge in [0.2, 0.25) is 5.91 Å². The number of carbonyl (C=O) groups is 1. The van der Waals surface area contributed by atoms with Crippen LogP contribution in [0.5, 0.6) is 0 Å². The molecule has 18 heavy (non-hydrogen) atoms. The Labute approximate surface area is 108 Å². The number of rotatable bonds is 3. The van der Waals surface area contributed by atoms with Crippen LogP contribution in [0.2, 0.25) is 0 Å². The monoisotopic (exact) mass is 244 g/mol. The zero-order chi connectivity index (χ0) is 12.5. The first-order chi connectivity index (χ1) is 8.72. The Hall–Kier alpha value is -1.35. The normalized spacial score (nSPS) is 29.5. The molecule has 0 aromatic heterocycles. The Morgan fingerprint density at radius 3 is 3.00 bits per heavy atom. The van der Waals surface area contributed by atoms with E-state index in [0.29, 0.717) is 18.6 Å². The van der Waals surface area contributed by atoms with Gasteiger partial charge >= 0.3 is 0 Å². The van der Waals surface area contributed by atoms with Crippen LogP contribution < -0.4 is 10.6 Å². The minimum absolute atomic E-state index is 0.188. The molecule has 1 aromatic carbocycles. The highest BCUT2D eigenvalue weighted by atomic mass is 16.1. The third-order valence-electron chi connectivity index (χ3n) is 4.19. The molecule has 0 spiro atoms. The van der Waals surface area contributed by atoms with E-state index in [0.717, 1.165) is 12.8 Å². The molecular weight excluding hydrogens is 224 g/mol. The second kappa shape index (κ2) is 4.73. The molecule has 2 aliphatic heterocycles. The molecular formula is C15H20N2O. The summed E-state index contributed by atoms with van der Waals surface area (Å²) >= 11 is 0. The summed E-state index contributed by atoms with van der Waals surface area (Å²) in [6, 6.07) is 9.31. The molecule has 3 atom stereocenters. The molecule has 2 bridgehead atoms. The zero-order valence-corrected chi connectivity index (χ0v) is 10.8. The van der Waals surface area contributed by atoms with Gasteiger partial charge in [0.1, 0.15) is 0 Å². The predicted molar refractivity (Wildman–Crippen MR) is 71.1 cm³/mol. The summed E-state index contributed by atoms with van der Waals surface area (Å²) in [6.07, 6.45) is 3.42. The summed E-state index contributed by atoms with van der Waals surface area (Å²) in [6.45, 7) is 2.72. The first-order valence-corrected chi connectivity index (χ1v) is 6.81. The van der Waals surface area contributed by atoms with E-state index in [1.54, 1.807) is 0 Å². The van der Waals surface area contributed by atoms with Gasteiger partial charge in [-0.3, -0.25) is 4.79 Å². The van der Waals surface area contributed by atoms with E-state index in [-0.39, 0.29) is 11.8 Å². The van der Waals surface area contributed by atoms with Crippen molar-refractivity contribution < 1.29 is 4.79 Å². The van der Waals surface area contributed by atoms with Crippen molar-refractivity contribution in [3.05, 3.63) is 35.4 Å². The Morgan fingerprint density at radius 2 is 2.33 bits per heavy atom. The number of benzene rings is 1. The summed E-state index contributed by atoms with van der Waals surface area (Å²) in [4.78, 5) is 12.1. The molecule has 2 heterocycles. The molecule has 1 aromatic rings. The molecule has 3 unspecified atom stereocenters. The Bertz CT molecular complexity index is 458. The van der Waals surface area contributed by atoms with Gasteiger partial charge in [-0.2, -0.15) is 0 Å². The summed E-state index contributed by atoms with van der Waals surface area (Å²) < 4.78 is 0. The summed E-state index contributed by atoms with van der Waals surface area (Å²) in [7, 11) is 0. The Kier molecular flexibility index (Phi) is 3.08. The standard InChI is InChI=1S/C15H20N2O/c1-10-3-2-4-11(7-10)9-16-15(18)13-8-12-5-6-14(13)17-12/h2-4,7,12-14,17H,5-6,8-9H2,1H3,(H,16,18). The van der Waals surface area contributed by atoms with Crippen LogP contribution in [-0.4, -0.2) is 18.0 Å². The largest absolute Gasteiger partial charge is 0.352 e. The van der Waals surface area contributed by atoms with Crippen molar-refractivity contribution in [2.75, 3.05) is 0 Å². The van der Waals surface area contributed by atoms with Gasteiger partial charge in [0.25, 0.3) is 0 Å². The van der Waals surface area contributed by atoms with Gasteiger partial charge in [-0.25, -0.2) is 0 Å². The van der Waals surface area contributed by atoms with Crippen molar-refractivity contribution in [3.63, 3.8) is 0 Å². The number of carbonyl (C=O) groups excluding carboxylic acids is 1. The third kappa shape index (κ3) is 2.27. The van der Waals surface area contributed by atoms with Crippen LogP contribution in [0.25, 0.3) is 0 Å². The maximum atomic E-state index is 12.1. The molecule has 0 saturated carbocycles. The summed E-state index contributed by atoms with van der Waals surface area (Å²) in [5.41, 5.74) is 2.42. The Balaban J connectivity index is 1.56. The molecule has 2 saturated heterocycles. The van der Waals surface area contributed by atoms with E-state index in [4.69, 9.17) is 0 Å². The van der Waals surface area contributed by atoms with Crippen molar-refractivity contribution in [3.8, 4) is 0 Å². The van der Waals surface area contributed by atoms with Crippen LogP contribution >= 0.6 is 0 Å². The van der Waals surface area contributed by atoms with Crippen LogP contribution in [-0.2, 0) is 11.3 Å². The lowest BCUT2D eigenvalue weighted by atomic mass is 9.88. The van der Waals surface area contributed by atoms with Crippen molar-refractivity contribution in [2.24, 2.45) is 5.92 Å². The van der Waals surface area contributed by atoms with Crippen LogP contribution in [0.1, 0.15) is 30.4 Å². The molecule has 0 radical (unpaired) electrons. The average Bonchev–Trinajstić information content (AvgIpc) is 2.98. The fraction of sp³-hybridized carbons (Fsp3) is 0.533. The zero-order valence-electron chi connectivity index (χ0n) is 10.8. The third-order valence-corrected chi connectivity index (χ3v) is 4.19. The highest BCUT2D eigenvalue weighted by Crippen LogP contribution is 2.33. The van der Waals surface area contributed by atoms with Gasteiger partial charge in [-0.15, -0.1) is 0 Å². The maximum Gasteiger partial charge on any atom is 0.225 e. The molecule has 2 N–H and O–H groups in total. The van der Waals surface area contributed by atoms with Gasteiger partial charge in [-0.1, -0.05) is 29.8 Å². The van der Waals surface area contributed by atoms with E-state index in [1.165, 1.54) is 17.5 Å². The number of hydrogen-bond acceptors (Lipinski definition) is 2. The van der Waals surface area contributed by atoms with Gasteiger partial charge < -0.3 is 10.6 Å². The lowest BCUT2D eigenvalue weighted by Gasteiger charge is -2.19. The van der Waals surface area contributed by atoms with Crippen LogP contribution in [0.15, 0.2) is 24.3 Å². The fourth-order valence-electron chi connectivity index (χ4n) is 3.26. The Morgan fingerprint density at radius 1 is 1.44 bits per heavy atom. The van der Waals surface area contributed by atoms with Crippen LogP contribution in [0, 0.1) is 12.8 Å².